The molecule has 2 atom stereocenters. The van der Waals surface area contributed by atoms with Crippen molar-refractivity contribution in [2.45, 2.75) is 26.0 Å². The Morgan fingerprint density at radius 2 is 2.17 bits per heavy atom. The van der Waals surface area contributed by atoms with Crippen molar-refractivity contribution >= 4 is 11.7 Å². The van der Waals surface area contributed by atoms with Crippen molar-refractivity contribution in [1.82, 2.24) is 14.7 Å². The number of nitrogens with zero attached hydrogens (tertiary/aromatic N) is 3. The number of benzene rings is 1. The predicted octanol–water partition coefficient (Wildman–Crippen LogP) is 2.72. The lowest BCUT2D eigenvalue weighted by Crippen LogP contribution is -2.50. The first-order valence-corrected chi connectivity index (χ1v) is 7.78. The molecule has 0 saturated carbocycles. The Morgan fingerprint density at radius 3 is 2.87 bits per heavy atom. The SMILES string of the molecule is Cc1ccccc1[C@@H]1CN(C(=O)Nc2cnn(C)c2)[C@@H](C)CO1. The van der Waals surface area contributed by atoms with Gasteiger partial charge in [-0.1, -0.05) is 24.3 Å². The number of aromatic nitrogens is 2. The molecule has 6 nitrogen and oxygen atoms in total. The zero-order valence-corrected chi connectivity index (χ0v) is 13.7. The van der Waals surface area contributed by atoms with E-state index in [0.717, 1.165) is 5.56 Å². The van der Waals surface area contributed by atoms with E-state index < -0.39 is 0 Å². The third-order valence-electron chi connectivity index (χ3n) is 4.19. The number of nitrogens with one attached hydrogen (secondary N) is 1. The fraction of sp³-hybridized carbons (Fsp3) is 0.412. The lowest BCUT2D eigenvalue weighted by molar-refractivity contribution is -0.0410. The topological polar surface area (TPSA) is 59.4 Å². The maximum Gasteiger partial charge on any atom is 0.322 e. The predicted molar refractivity (Wildman–Crippen MR) is 88.3 cm³/mol. The van der Waals surface area contributed by atoms with Crippen LogP contribution in [0.4, 0.5) is 10.5 Å². The van der Waals surface area contributed by atoms with Crippen LogP contribution in [0.5, 0.6) is 0 Å². The number of hydrogen-bond acceptors (Lipinski definition) is 3. The van der Waals surface area contributed by atoms with E-state index in [0.29, 0.717) is 18.8 Å². The molecular formula is C17H22N4O2. The number of aryl methyl sites for hydroxylation is 2. The van der Waals surface area contributed by atoms with Gasteiger partial charge in [-0.15, -0.1) is 0 Å². The van der Waals surface area contributed by atoms with E-state index in [2.05, 4.69) is 29.5 Å². The van der Waals surface area contributed by atoms with Gasteiger partial charge in [0.15, 0.2) is 0 Å². The van der Waals surface area contributed by atoms with E-state index >= 15 is 0 Å². The first kappa shape index (κ1) is 15.6. The Labute approximate surface area is 136 Å². The summed E-state index contributed by atoms with van der Waals surface area (Å²) >= 11 is 0. The summed E-state index contributed by atoms with van der Waals surface area (Å²) < 4.78 is 7.61. The molecule has 2 aromatic rings. The maximum atomic E-state index is 12.6. The molecule has 2 heterocycles. The zero-order valence-electron chi connectivity index (χ0n) is 13.7. The van der Waals surface area contributed by atoms with Crippen molar-refractivity contribution in [3.05, 3.63) is 47.8 Å². The quantitative estimate of drug-likeness (QED) is 0.927. The molecule has 1 N–H and O–H groups in total. The van der Waals surface area contributed by atoms with Crippen molar-refractivity contribution in [3.63, 3.8) is 0 Å². The molecule has 0 aliphatic carbocycles. The fourth-order valence-electron chi connectivity index (χ4n) is 2.86. The van der Waals surface area contributed by atoms with Gasteiger partial charge in [0.05, 0.1) is 31.1 Å². The van der Waals surface area contributed by atoms with Crippen LogP contribution in [0.25, 0.3) is 0 Å². The van der Waals surface area contributed by atoms with Gasteiger partial charge in [0.25, 0.3) is 0 Å². The third-order valence-corrected chi connectivity index (χ3v) is 4.19. The van der Waals surface area contributed by atoms with Gasteiger partial charge in [0.1, 0.15) is 6.10 Å². The van der Waals surface area contributed by atoms with Gasteiger partial charge in [-0.25, -0.2) is 4.79 Å². The van der Waals surface area contributed by atoms with E-state index in [1.807, 2.05) is 31.0 Å². The summed E-state index contributed by atoms with van der Waals surface area (Å²) in [4.78, 5) is 14.4. The van der Waals surface area contributed by atoms with Gasteiger partial charge in [-0.2, -0.15) is 5.10 Å². The Kier molecular flexibility index (Phi) is 4.34. The number of urea groups is 1. The summed E-state index contributed by atoms with van der Waals surface area (Å²) in [5, 5.41) is 6.96. The zero-order chi connectivity index (χ0) is 16.4. The van der Waals surface area contributed by atoms with Crippen LogP contribution in [-0.2, 0) is 11.8 Å². The molecule has 6 heteroatoms. The number of morpholine rings is 1. The van der Waals surface area contributed by atoms with Crippen molar-refractivity contribution in [3.8, 4) is 0 Å². The monoisotopic (exact) mass is 314 g/mol. The number of carbonyl (C=O) groups excluding carboxylic acids is 1. The normalized spacial score (nSPS) is 21.3. The van der Waals surface area contributed by atoms with E-state index in [1.54, 1.807) is 17.1 Å². The van der Waals surface area contributed by atoms with Crippen LogP contribution in [0, 0.1) is 6.92 Å². The molecule has 122 valence electrons. The van der Waals surface area contributed by atoms with Gasteiger partial charge in [-0.05, 0) is 25.0 Å². The average molecular weight is 314 g/mol. The maximum absolute atomic E-state index is 12.6. The summed E-state index contributed by atoms with van der Waals surface area (Å²) in [6, 6.07) is 8.06. The highest BCUT2D eigenvalue weighted by Gasteiger charge is 2.31. The van der Waals surface area contributed by atoms with Crippen LogP contribution in [0.1, 0.15) is 24.2 Å². The molecule has 1 aliphatic rings. The van der Waals surface area contributed by atoms with Crippen LogP contribution in [0.2, 0.25) is 0 Å². The van der Waals surface area contributed by atoms with Crippen molar-refractivity contribution < 1.29 is 9.53 Å². The number of ether oxygens (including phenoxy) is 1. The van der Waals surface area contributed by atoms with Crippen molar-refractivity contribution in [2.24, 2.45) is 7.05 Å². The molecule has 1 fully saturated rings. The second-order valence-corrected chi connectivity index (χ2v) is 6.01. The Hall–Kier alpha value is -2.34. The van der Waals surface area contributed by atoms with Crippen LogP contribution in [0.15, 0.2) is 36.7 Å². The van der Waals surface area contributed by atoms with Gasteiger partial charge in [0, 0.05) is 13.2 Å². The van der Waals surface area contributed by atoms with E-state index in [-0.39, 0.29) is 18.2 Å². The van der Waals surface area contributed by atoms with E-state index in [1.165, 1.54) is 5.56 Å². The number of carbonyl (C=O) groups is 1. The van der Waals surface area contributed by atoms with Crippen molar-refractivity contribution in [1.29, 1.82) is 0 Å². The Balaban J connectivity index is 1.73. The first-order chi connectivity index (χ1) is 11.0. The summed E-state index contributed by atoms with van der Waals surface area (Å²) in [5.41, 5.74) is 3.02. The summed E-state index contributed by atoms with van der Waals surface area (Å²) in [7, 11) is 1.82. The molecule has 1 saturated heterocycles. The number of rotatable bonds is 2. The molecule has 1 aromatic heterocycles. The first-order valence-electron chi connectivity index (χ1n) is 7.78. The van der Waals surface area contributed by atoms with Crippen LogP contribution in [0.3, 0.4) is 0 Å². The standard InChI is InChI=1S/C17H22N4O2/c1-12-6-4-5-7-15(12)16-10-21(13(2)11-23-16)17(22)19-14-8-18-20(3)9-14/h4-9,13,16H,10-11H2,1-3H3,(H,19,22)/t13-,16-/m0/s1. The van der Waals surface area contributed by atoms with Crippen LogP contribution >= 0.6 is 0 Å². The number of anilines is 1. The molecule has 0 unspecified atom stereocenters. The molecule has 3 rings (SSSR count). The minimum atomic E-state index is -0.118. The molecule has 0 bridgehead atoms. The minimum absolute atomic E-state index is 0.0342. The van der Waals surface area contributed by atoms with E-state index in [4.69, 9.17) is 4.74 Å². The summed E-state index contributed by atoms with van der Waals surface area (Å²) in [5.74, 6) is 0. The molecule has 0 spiro atoms. The lowest BCUT2D eigenvalue weighted by atomic mass is 10.0. The molecular weight excluding hydrogens is 292 g/mol. The molecule has 2 amide bonds. The number of amides is 2. The summed E-state index contributed by atoms with van der Waals surface area (Å²) in [6.07, 6.45) is 3.33. The Bertz CT molecular complexity index is 697. The molecule has 23 heavy (non-hydrogen) atoms. The van der Waals surface area contributed by atoms with Crippen molar-refractivity contribution in [2.75, 3.05) is 18.5 Å². The minimum Gasteiger partial charge on any atom is -0.370 e. The fourth-order valence-corrected chi connectivity index (χ4v) is 2.86. The van der Waals surface area contributed by atoms with Crippen LogP contribution < -0.4 is 5.32 Å². The highest BCUT2D eigenvalue weighted by Crippen LogP contribution is 2.27. The lowest BCUT2D eigenvalue weighted by Gasteiger charge is -2.38. The Morgan fingerprint density at radius 1 is 1.39 bits per heavy atom. The average Bonchev–Trinajstić information content (AvgIpc) is 2.93. The highest BCUT2D eigenvalue weighted by molar-refractivity contribution is 5.89. The second-order valence-electron chi connectivity index (χ2n) is 6.01. The third kappa shape index (κ3) is 3.37. The number of hydrogen-bond donors (Lipinski definition) is 1. The highest BCUT2D eigenvalue weighted by atomic mass is 16.5. The molecule has 0 radical (unpaired) electrons. The van der Waals surface area contributed by atoms with Gasteiger partial charge < -0.3 is 15.0 Å². The van der Waals surface area contributed by atoms with Crippen LogP contribution in [-0.4, -0.2) is 39.9 Å². The van der Waals surface area contributed by atoms with E-state index in [9.17, 15) is 4.79 Å². The van der Waals surface area contributed by atoms with Gasteiger partial charge in [0.2, 0.25) is 0 Å². The summed E-state index contributed by atoms with van der Waals surface area (Å²) in [6.45, 7) is 5.13. The van der Waals surface area contributed by atoms with Gasteiger partial charge in [-0.3, -0.25) is 4.68 Å². The second kappa shape index (κ2) is 6.42. The molecule has 1 aromatic carbocycles. The largest absolute Gasteiger partial charge is 0.370 e. The van der Waals surface area contributed by atoms with Gasteiger partial charge >= 0.3 is 6.03 Å². The smallest absolute Gasteiger partial charge is 0.322 e. The molecule has 1 aliphatic heterocycles.